The van der Waals surface area contributed by atoms with Gasteiger partial charge >= 0.3 is 0 Å². The molecule has 3 saturated carbocycles. The summed E-state index contributed by atoms with van der Waals surface area (Å²) in [6.07, 6.45) is 7.22. The van der Waals surface area contributed by atoms with Crippen LogP contribution in [0.3, 0.4) is 0 Å². The first-order valence-corrected chi connectivity index (χ1v) is 14.8. The highest BCUT2D eigenvalue weighted by molar-refractivity contribution is 14.1. The Balaban J connectivity index is 1.49. The van der Waals surface area contributed by atoms with Gasteiger partial charge in [-0.2, -0.15) is 0 Å². The van der Waals surface area contributed by atoms with Crippen molar-refractivity contribution in [3.8, 4) is 0 Å². The van der Waals surface area contributed by atoms with E-state index in [2.05, 4.69) is 60.7 Å². The van der Waals surface area contributed by atoms with E-state index in [1.807, 2.05) is 6.92 Å². The number of allylic oxidation sites excluding steroid dienone is 1. The van der Waals surface area contributed by atoms with Crippen LogP contribution >= 0.6 is 22.6 Å². The minimum absolute atomic E-state index is 0.0118. The zero-order valence-electron chi connectivity index (χ0n) is 21.3. The lowest BCUT2D eigenvalue weighted by Gasteiger charge is -2.56. The van der Waals surface area contributed by atoms with Crippen LogP contribution in [-0.2, 0) is 14.3 Å². The molecule has 1 spiro atoms. The van der Waals surface area contributed by atoms with E-state index in [-0.39, 0.29) is 17.3 Å². The van der Waals surface area contributed by atoms with Gasteiger partial charge in [-0.15, -0.1) is 0 Å². The summed E-state index contributed by atoms with van der Waals surface area (Å²) in [6.45, 7) is 7.77. The van der Waals surface area contributed by atoms with Gasteiger partial charge in [0.05, 0.1) is 18.8 Å². The van der Waals surface area contributed by atoms with E-state index in [1.165, 1.54) is 20.3 Å². The molecule has 1 unspecified atom stereocenters. The molecule has 4 nitrogen and oxygen atoms in total. The predicted octanol–water partition coefficient (Wildman–Crippen LogP) is 6.40. The number of carbonyl (C=O) groups is 1. The Hall–Kier alpha value is -0.760. The van der Waals surface area contributed by atoms with Gasteiger partial charge in [-0.3, -0.25) is 4.79 Å². The Labute approximate surface area is 223 Å². The van der Waals surface area contributed by atoms with E-state index in [1.54, 1.807) is 0 Å². The average molecular weight is 591 g/mol. The Morgan fingerprint density at radius 1 is 1.17 bits per heavy atom. The number of halogens is 1. The first kappa shape index (κ1) is 24.6. The van der Waals surface area contributed by atoms with Crippen molar-refractivity contribution in [1.82, 2.24) is 0 Å². The number of Topliss-reactive ketones (excluding diaryl/α,β-unsaturated/α-hetero) is 1. The monoisotopic (exact) mass is 590 g/mol. The number of hydrogen-bond acceptors (Lipinski definition) is 4. The number of ether oxygens (including phenoxy) is 2. The highest BCUT2D eigenvalue weighted by Crippen LogP contribution is 2.68. The van der Waals surface area contributed by atoms with Gasteiger partial charge in [0.2, 0.25) is 0 Å². The number of rotatable bonds is 3. The normalized spacial score (nSPS) is 42.0. The van der Waals surface area contributed by atoms with Crippen molar-refractivity contribution in [2.75, 3.05) is 13.2 Å². The van der Waals surface area contributed by atoms with Crippen molar-refractivity contribution in [1.29, 1.82) is 0 Å². The first-order valence-electron chi connectivity index (χ1n) is 13.7. The van der Waals surface area contributed by atoms with Gasteiger partial charge in [-0.05, 0) is 108 Å². The summed E-state index contributed by atoms with van der Waals surface area (Å²) in [6, 6.07) is 9.00. The third kappa shape index (κ3) is 3.73. The molecule has 190 valence electrons. The van der Waals surface area contributed by atoms with Crippen LogP contribution in [0.2, 0.25) is 0 Å². The maximum Gasteiger partial charge on any atom is 0.171 e. The van der Waals surface area contributed by atoms with Gasteiger partial charge in [0.25, 0.3) is 0 Å². The maximum atomic E-state index is 13.1. The lowest BCUT2D eigenvalue weighted by Crippen LogP contribution is -2.53. The van der Waals surface area contributed by atoms with Crippen LogP contribution in [0.25, 0.3) is 0 Å². The Morgan fingerprint density at radius 2 is 1.89 bits per heavy atom. The summed E-state index contributed by atoms with van der Waals surface area (Å²) in [5, 5.41) is 12.1. The summed E-state index contributed by atoms with van der Waals surface area (Å²) in [5.41, 5.74) is 3.31. The molecule has 0 radical (unpaired) electrons. The van der Waals surface area contributed by atoms with E-state index >= 15 is 0 Å². The minimum Gasteiger partial charge on any atom is -0.385 e. The molecule has 4 aliphatic carbocycles. The van der Waals surface area contributed by atoms with E-state index in [9.17, 15) is 9.90 Å². The fourth-order valence-electron chi connectivity index (χ4n) is 9.39. The smallest absolute Gasteiger partial charge is 0.171 e. The molecule has 5 aliphatic rings. The molecule has 0 bridgehead atoms. The Kier molecular flexibility index (Phi) is 6.06. The molecular weight excluding hydrogens is 551 g/mol. The second-order valence-corrected chi connectivity index (χ2v) is 13.6. The summed E-state index contributed by atoms with van der Waals surface area (Å²) >= 11 is 2.38. The number of ketones is 1. The lowest BCUT2D eigenvalue weighted by molar-refractivity contribution is -0.208. The summed E-state index contributed by atoms with van der Waals surface area (Å²) in [7, 11) is 0. The van der Waals surface area contributed by atoms with Gasteiger partial charge in [-0.25, -0.2) is 0 Å². The van der Waals surface area contributed by atoms with Crippen molar-refractivity contribution >= 4 is 28.4 Å². The predicted molar refractivity (Wildman–Crippen MR) is 144 cm³/mol. The van der Waals surface area contributed by atoms with Gasteiger partial charge in [0.15, 0.2) is 5.79 Å². The molecule has 1 aromatic carbocycles. The third-order valence-electron chi connectivity index (χ3n) is 10.6. The van der Waals surface area contributed by atoms with Crippen LogP contribution < -0.4 is 0 Å². The van der Waals surface area contributed by atoms with Crippen molar-refractivity contribution in [3.05, 3.63) is 44.5 Å². The zero-order chi connectivity index (χ0) is 24.6. The first-order chi connectivity index (χ1) is 16.7. The third-order valence-corrected chi connectivity index (χ3v) is 11.4. The molecule has 7 atom stereocenters. The molecule has 4 fully saturated rings. The molecule has 0 amide bonds. The van der Waals surface area contributed by atoms with Gasteiger partial charge < -0.3 is 14.6 Å². The Morgan fingerprint density at radius 3 is 2.54 bits per heavy atom. The molecule has 1 saturated heterocycles. The summed E-state index contributed by atoms with van der Waals surface area (Å²) in [5.74, 6) is 1.62. The number of aliphatic hydroxyl groups is 1. The van der Waals surface area contributed by atoms with E-state index in [0.717, 1.165) is 44.9 Å². The van der Waals surface area contributed by atoms with E-state index < -0.39 is 11.4 Å². The molecule has 0 aromatic heterocycles. The van der Waals surface area contributed by atoms with E-state index in [4.69, 9.17) is 9.47 Å². The molecule has 1 heterocycles. The van der Waals surface area contributed by atoms with Crippen LogP contribution in [0.5, 0.6) is 0 Å². The highest BCUT2D eigenvalue weighted by atomic mass is 127. The lowest BCUT2D eigenvalue weighted by atomic mass is 9.50. The highest BCUT2D eigenvalue weighted by Gasteiger charge is 2.63. The minimum atomic E-state index is -0.841. The zero-order valence-corrected chi connectivity index (χ0v) is 23.5. The van der Waals surface area contributed by atoms with Crippen LogP contribution in [-0.4, -0.2) is 35.5 Å². The van der Waals surface area contributed by atoms with Gasteiger partial charge in [0, 0.05) is 28.2 Å². The Bertz CT molecular complexity index is 1040. The molecular formula is C30H39IO4. The fourth-order valence-corrected chi connectivity index (χ4v) is 9.75. The molecule has 1 N–H and O–H groups in total. The van der Waals surface area contributed by atoms with Crippen LogP contribution in [0, 0.1) is 32.7 Å². The molecule has 5 heteroatoms. The number of hydrogen-bond donors (Lipinski definition) is 1. The molecule has 1 aromatic rings. The number of carbonyl (C=O) groups excluding carboxylic acids is 1. The fraction of sp³-hybridized carbons (Fsp3) is 0.700. The summed E-state index contributed by atoms with van der Waals surface area (Å²) in [4.78, 5) is 13.1. The second-order valence-electron chi connectivity index (χ2n) is 12.3. The maximum absolute atomic E-state index is 13.1. The van der Waals surface area contributed by atoms with Crippen molar-refractivity contribution in [2.45, 2.75) is 89.4 Å². The number of benzene rings is 1. The van der Waals surface area contributed by atoms with Crippen molar-refractivity contribution < 1.29 is 19.4 Å². The largest absolute Gasteiger partial charge is 0.385 e. The van der Waals surface area contributed by atoms with Gasteiger partial charge in [-0.1, -0.05) is 38.0 Å². The SMILES string of the molecule is CC[C@@H]1C[C@H]2[C@@H]3CC[C@@]4(O)CC5(CCC4=C3C(c3ccc(I)cc3)C[C@]2(C)[C@H]1C(C)=O)OCCO5. The standard InChI is InChI=1S/C30H39IO4/c1-4-19-15-25-22-9-11-29(33)17-30(34-13-14-35-30)12-10-24(29)26(22)23(20-5-7-21(31)8-6-20)16-28(25,3)27(19)18(2)32/h5-8,19,22-23,25,27,33H,4,9-17H2,1-3H3/t19-,22+,23?,25+,27+,28+,29-/m1/s1. The van der Waals surface area contributed by atoms with Crippen molar-refractivity contribution in [3.63, 3.8) is 0 Å². The average Bonchev–Trinajstić information content (AvgIpc) is 3.39. The summed E-state index contributed by atoms with van der Waals surface area (Å²) < 4.78 is 13.4. The van der Waals surface area contributed by atoms with E-state index in [0.29, 0.717) is 43.2 Å². The number of fused-ring (bicyclic) bond motifs is 4. The van der Waals surface area contributed by atoms with Crippen molar-refractivity contribution in [2.24, 2.45) is 29.1 Å². The van der Waals surface area contributed by atoms with Crippen LogP contribution in [0.4, 0.5) is 0 Å². The topological polar surface area (TPSA) is 55.8 Å². The quantitative estimate of drug-likeness (QED) is 0.327. The van der Waals surface area contributed by atoms with Crippen LogP contribution in [0.15, 0.2) is 35.4 Å². The van der Waals surface area contributed by atoms with Crippen LogP contribution in [0.1, 0.15) is 83.6 Å². The van der Waals surface area contributed by atoms with Gasteiger partial charge in [0.1, 0.15) is 5.78 Å². The second kappa shape index (κ2) is 8.64. The molecule has 35 heavy (non-hydrogen) atoms. The molecule has 1 aliphatic heterocycles. The molecule has 6 rings (SSSR count).